The molecule has 1 amide bonds. The minimum atomic E-state index is -0.561. The third-order valence-corrected chi connectivity index (χ3v) is 3.81. The number of ether oxygens (including phenoxy) is 2. The molecular weight excluding hydrogens is 334 g/mol. The lowest BCUT2D eigenvalue weighted by atomic mass is 9.98. The number of benzene rings is 2. The van der Waals surface area contributed by atoms with Crippen molar-refractivity contribution in [2.45, 2.75) is 19.3 Å². The van der Waals surface area contributed by atoms with Gasteiger partial charge >= 0.3 is 11.9 Å². The molecule has 6 heteroatoms. The van der Waals surface area contributed by atoms with Crippen molar-refractivity contribution in [1.29, 1.82) is 0 Å². The van der Waals surface area contributed by atoms with Crippen LogP contribution in [0.4, 0.5) is 5.69 Å². The van der Waals surface area contributed by atoms with Crippen LogP contribution in [-0.2, 0) is 19.1 Å². The summed E-state index contributed by atoms with van der Waals surface area (Å²) < 4.78 is 9.69. The zero-order valence-electron chi connectivity index (χ0n) is 14.7. The molecule has 0 spiro atoms. The summed E-state index contributed by atoms with van der Waals surface area (Å²) in [5, 5.41) is 2.55. The van der Waals surface area contributed by atoms with E-state index in [1.807, 2.05) is 37.3 Å². The lowest BCUT2D eigenvalue weighted by molar-refractivity contribution is -0.147. The summed E-state index contributed by atoms with van der Waals surface area (Å²) in [5.74, 6) is -1.55. The lowest BCUT2D eigenvalue weighted by Crippen LogP contribution is -2.22. The monoisotopic (exact) mass is 355 g/mol. The third-order valence-electron chi connectivity index (χ3n) is 3.81. The Morgan fingerprint density at radius 2 is 1.65 bits per heavy atom. The Morgan fingerprint density at radius 3 is 2.35 bits per heavy atom. The molecule has 0 aliphatic carbocycles. The van der Waals surface area contributed by atoms with Gasteiger partial charge in [-0.25, -0.2) is 4.79 Å². The van der Waals surface area contributed by atoms with E-state index in [0.29, 0.717) is 5.69 Å². The van der Waals surface area contributed by atoms with Crippen LogP contribution in [0, 0.1) is 0 Å². The fourth-order valence-corrected chi connectivity index (χ4v) is 2.42. The Bertz CT molecular complexity index is 773. The van der Waals surface area contributed by atoms with E-state index >= 15 is 0 Å². The predicted octanol–water partition coefficient (Wildman–Crippen LogP) is 3.15. The zero-order chi connectivity index (χ0) is 18.9. The van der Waals surface area contributed by atoms with Crippen LogP contribution >= 0.6 is 0 Å². The van der Waals surface area contributed by atoms with Gasteiger partial charge in [-0.15, -0.1) is 0 Å². The molecule has 6 nitrogen and oxygen atoms in total. The number of amides is 1. The fraction of sp³-hybridized carbons (Fsp3) is 0.250. The van der Waals surface area contributed by atoms with Gasteiger partial charge in [0.1, 0.15) is 0 Å². The molecule has 0 saturated carbocycles. The number of nitrogens with one attached hydrogen (secondary N) is 1. The fourth-order valence-electron chi connectivity index (χ4n) is 2.42. The summed E-state index contributed by atoms with van der Waals surface area (Å²) in [6.45, 7) is 1.50. The molecule has 0 aliphatic heterocycles. The average molecular weight is 355 g/mol. The van der Waals surface area contributed by atoms with E-state index in [1.54, 1.807) is 18.2 Å². The Labute approximate surface area is 152 Å². The second kappa shape index (κ2) is 9.36. The molecule has 2 aromatic carbocycles. The Morgan fingerprint density at radius 1 is 1.00 bits per heavy atom. The number of carbonyl (C=O) groups excluding carboxylic acids is 3. The van der Waals surface area contributed by atoms with Crippen molar-refractivity contribution >= 4 is 23.5 Å². The summed E-state index contributed by atoms with van der Waals surface area (Å²) in [4.78, 5) is 35.6. The first-order valence-corrected chi connectivity index (χ1v) is 8.19. The summed E-state index contributed by atoms with van der Waals surface area (Å²) in [7, 11) is 1.26. The highest BCUT2D eigenvalue weighted by molar-refractivity contribution is 6.01. The molecule has 136 valence electrons. The molecule has 0 saturated heterocycles. The largest absolute Gasteiger partial charge is 0.465 e. The number of methoxy groups -OCH3 is 1. The first-order valence-electron chi connectivity index (χ1n) is 8.19. The normalized spacial score (nSPS) is 11.3. The maximum Gasteiger partial charge on any atom is 0.339 e. The van der Waals surface area contributed by atoms with Crippen molar-refractivity contribution in [2.24, 2.45) is 0 Å². The number of para-hydroxylation sites is 1. The molecular formula is C20H21NO5. The standard InChI is InChI=1S/C20H21NO5/c1-14(15-8-4-3-5-9-15)12-19(23)26-13-18(22)21-17-11-7-6-10-16(17)20(24)25-2/h3-11,14H,12-13H2,1-2H3,(H,21,22). The Kier molecular flexibility index (Phi) is 6.91. The molecule has 2 aromatic rings. The van der Waals surface area contributed by atoms with E-state index in [2.05, 4.69) is 10.1 Å². The molecule has 1 N–H and O–H groups in total. The number of carbonyl (C=O) groups is 3. The minimum absolute atomic E-state index is 0.00758. The number of hydrogen-bond acceptors (Lipinski definition) is 5. The van der Waals surface area contributed by atoms with Gasteiger partial charge in [-0.05, 0) is 23.6 Å². The number of rotatable bonds is 7. The predicted molar refractivity (Wildman–Crippen MR) is 96.8 cm³/mol. The second-order valence-electron chi connectivity index (χ2n) is 5.76. The molecule has 0 heterocycles. The van der Waals surface area contributed by atoms with Gasteiger partial charge in [0.05, 0.1) is 24.8 Å². The minimum Gasteiger partial charge on any atom is -0.465 e. The average Bonchev–Trinajstić information content (AvgIpc) is 2.67. The first-order chi connectivity index (χ1) is 12.5. The molecule has 1 unspecified atom stereocenters. The second-order valence-corrected chi connectivity index (χ2v) is 5.76. The summed E-state index contributed by atoms with van der Waals surface area (Å²) >= 11 is 0. The number of anilines is 1. The lowest BCUT2D eigenvalue weighted by Gasteiger charge is -2.12. The molecule has 0 fully saturated rings. The highest BCUT2D eigenvalue weighted by Gasteiger charge is 2.16. The van der Waals surface area contributed by atoms with Crippen molar-refractivity contribution in [2.75, 3.05) is 19.0 Å². The van der Waals surface area contributed by atoms with E-state index in [9.17, 15) is 14.4 Å². The summed E-state index contributed by atoms with van der Waals surface area (Å²) in [5.41, 5.74) is 1.56. The van der Waals surface area contributed by atoms with Gasteiger partial charge in [-0.3, -0.25) is 9.59 Å². The highest BCUT2D eigenvalue weighted by Crippen LogP contribution is 2.19. The highest BCUT2D eigenvalue weighted by atomic mass is 16.5. The van der Waals surface area contributed by atoms with Crippen molar-refractivity contribution in [1.82, 2.24) is 0 Å². The maximum atomic E-state index is 12.0. The van der Waals surface area contributed by atoms with E-state index in [-0.39, 0.29) is 17.9 Å². The zero-order valence-corrected chi connectivity index (χ0v) is 14.7. The van der Waals surface area contributed by atoms with Crippen LogP contribution in [0.2, 0.25) is 0 Å². The van der Waals surface area contributed by atoms with Crippen molar-refractivity contribution < 1.29 is 23.9 Å². The molecule has 0 aromatic heterocycles. The van der Waals surface area contributed by atoms with Crippen LogP contribution in [0.25, 0.3) is 0 Å². The van der Waals surface area contributed by atoms with Crippen LogP contribution in [0.1, 0.15) is 35.2 Å². The van der Waals surface area contributed by atoms with Crippen molar-refractivity contribution in [3.05, 3.63) is 65.7 Å². The van der Waals surface area contributed by atoms with Crippen LogP contribution in [-0.4, -0.2) is 31.6 Å². The number of hydrogen-bond donors (Lipinski definition) is 1. The van der Waals surface area contributed by atoms with E-state index in [1.165, 1.54) is 13.2 Å². The van der Waals surface area contributed by atoms with Crippen LogP contribution in [0.3, 0.4) is 0 Å². The third kappa shape index (κ3) is 5.44. The topological polar surface area (TPSA) is 81.7 Å². The Balaban J connectivity index is 1.85. The summed E-state index contributed by atoms with van der Waals surface area (Å²) in [6.07, 6.45) is 0.177. The number of esters is 2. The van der Waals surface area contributed by atoms with Gasteiger partial charge in [0.25, 0.3) is 5.91 Å². The van der Waals surface area contributed by atoms with Crippen molar-refractivity contribution in [3.63, 3.8) is 0 Å². The van der Waals surface area contributed by atoms with E-state index in [4.69, 9.17) is 4.74 Å². The van der Waals surface area contributed by atoms with Crippen LogP contribution < -0.4 is 5.32 Å². The van der Waals surface area contributed by atoms with Gasteiger partial charge < -0.3 is 14.8 Å². The van der Waals surface area contributed by atoms with E-state index in [0.717, 1.165) is 5.56 Å². The van der Waals surface area contributed by atoms with Gasteiger partial charge in [-0.2, -0.15) is 0 Å². The van der Waals surface area contributed by atoms with Gasteiger partial charge in [0.15, 0.2) is 6.61 Å². The maximum absolute atomic E-state index is 12.0. The summed E-state index contributed by atoms with van der Waals surface area (Å²) in [6, 6.07) is 16.0. The smallest absolute Gasteiger partial charge is 0.339 e. The van der Waals surface area contributed by atoms with Crippen LogP contribution in [0.15, 0.2) is 54.6 Å². The van der Waals surface area contributed by atoms with Crippen molar-refractivity contribution in [3.8, 4) is 0 Å². The molecule has 1 atom stereocenters. The SMILES string of the molecule is COC(=O)c1ccccc1NC(=O)COC(=O)CC(C)c1ccccc1. The van der Waals surface area contributed by atoms with Crippen LogP contribution in [0.5, 0.6) is 0 Å². The molecule has 26 heavy (non-hydrogen) atoms. The van der Waals surface area contributed by atoms with Gasteiger partial charge in [0.2, 0.25) is 0 Å². The molecule has 0 bridgehead atoms. The molecule has 2 rings (SSSR count). The Hall–Kier alpha value is -3.15. The van der Waals surface area contributed by atoms with Gasteiger partial charge in [0, 0.05) is 0 Å². The molecule has 0 radical (unpaired) electrons. The first kappa shape index (κ1) is 19.2. The quantitative estimate of drug-likeness (QED) is 0.772. The van der Waals surface area contributed by atoms with E-state index < -0.39 is 24.5 Å². The molecule has 0 aliphatic rings. The van der Waals surface area contributed by atoms with Gasteiger partial charge in [-0.1, -0.05) is 49.4 Å².